The van der Waals surface area contributed by atoms with Crippen molar-refractivity contribution in [1.82, 2.24) is 4.98 Å². The number of hydrogen-bond acceptors (Lipinski definition) is 3. The van der Waals surface area contributed by atoms with E-state index in [1.54, 1.807) is 0 Å². The second-order valence-corrected chi connectivity index (χ2v) is 6.42. The van der Waals surface area contributed by atoms with Gasteiger partial charge in [-0.25, -0.2) is 9.78 Å². The molecule has 0 aliphatic rings. The minimum absolute atomic E-state index is 0.367. The van der Waals surface area contributed by atoms with E-state index in [-0.39, 0.29) is 0 Å². The lowest BCUT2D eigenvalue weighted by Gasteiger charge is -2.00. The predicted octanol–water partition coefficient (Wildman–Crippen LogP) is 4.22. The SMILES string of the molecule is O=C(O)c1sc(Cc2ccccc2)nc1CCc1ccccc1. The molecule has 0 aliphatic carbocycles. The molecule has 1 heterocycles. The highest BCUT2D eigenvalue weighted by Crippen LogP contribution is 2.23. The number of rotatable bonds is 6. The van der Waals surface area contributed by atoms with Crippen LogP contribution in [0.3, 0.4) is 0 Å². The Hall–Kier alpha value is -2.46. The first-order valence-electron chi connectivity index (χ1n) is 7.52. The number of aryl methyl sites for hydroxylation is 2. The van der Waals surface area contributed by atoms with E-state index < -0.39 is 5.97 Å². The summed E-state index contributed by atoms with van der Waals surface area (Å²) in [5.74, 6) is -0.884. The molecule has 116 valence electrons. The van der Waals surface area contributed by atoms with E-state index in [1.165, 1.54) is 16.9 Å². The number of carbonyl (C=O) groups is 1. The Morgan fingerprint density at radius 1 is 0.913 bits per heavy atom. The molecule has 1 N–H and O–H groups in total. The molecule has 3 rings (SSSR count). The van der Waals surface area contributed by atoms with Gasteiger partial charge in [0.25, 0.3) is 0 Å². The van der Waals surface area contributed by atoms with E-state index in [4.69, 9.17) is 0 Å². The first-order valence-corrected chi connectivity index (χ1v) is 8.34. The van der Waals surface area contributed by atoms with Gasteiger partial charge in [0, 0.05) is 6.42 Å². The molecular formula is C19H17NO2S. The van der Waals surface area contributed by atoms with Crippen molar-refractivity contribution in [3.8, 4) is 0 Å². The Bertz CT molecular complexity index is 782. The molecule has 1 aromatic heterocycles. The summed E-state index contributed by atoms with van der Waals surface area (Å²) in [6.07, 6.45) is 2.13. The van der Waals surface area contributed by atoms with Gasteiger partial charge < -0.3 is 5.11 Å². The Morgan fingerprint density at radius 2 is 1.52 bits per heavy atom. The smallest absolute Gasteiger partial charge is 0.347 e. The number of aromatic carboxylic acids is 1. The summed E-state index contributed by atoms with van der Waals surface area (Å²) in [4.78, 5) is 16.4. The first-order chi connectivity index (χ1) is 11.2. The van der Waals surface area contributed by atoms with Gasteiger partial charge in [-0.2, -0.15) is 0 Å². The van der Waals surface area contributed by atoms with Crippen LogP contribution in [0, 0.1) is 0 Å². The van der Waals surface area contributed by atoms with E-state index in [0.29, 0.717) is 23.4 Å². The van der Waals surface area contributed by atoms with Crippen LogP contribution in [0.4, 0.5) is 0 Å². The number of aromatic nitrogens is 1. The number of thiazole rings is 1. The Balaban J connectivity index is 1.77. The molecule has 0 bridgehead atoms. The van der Waals surface area contributed by atoms with Gasteiger partial charge in [-0.3, -0.25) is 0 Å². The molecule has 0 saturated heterocycles. The average molecular weight is 323 g/mol. The van der Waals surface area contributed by atoms with Crippen LogP contribution in [0.15, 0.2) is 60.7 Å². The standard InChI is InChI=1S/C19H17NO2S/c21-19(22)18-16(12-11-14-7-3-1-4-8-14)20-17(23-18)13-15-9-5-2-6-10-15/h1-10H,11-13H2,(H,21,22). The zero-order valence-electron chi connectivity index (χ0n) is 12.6. The molecule has 23 heavy (non-hydrogen) atoms. The van der Waals surface area contributed by atoms with Crippen molar-refractivity contribution in [3.63, 3.8) is 0 Å². The molecule has 4 heteroatoms. The summed E-state index contributed by atoms with van der Waals surface area (Å²) >= 11 is 1.29. The molecule has 2 aromatic carbocycles. The van der Waals surface area contributed by atoms with E-state index >= 15 is 0 Å². The molecule has 0 radical (unpaired) electrons. The van der Waals surface area contributed by atoms with Gasteiger partial charge >= 0.3 is 5.97 Å². The molecule has 0 fully saturated rings. The van der Waals surface area contributed by atoms with Crippen LogP contribution in [-0.2, 0) is 19.3 Å². The second-order valence-electron chi connectivity index (χ2n) is 5.34. The third kappa shape index (κ3) is 4.05. The van der Waals surface area contributed by atoms with Crippen molar-refractivity contribution < 1.29 is 9.90 Å². The third-order valence-corrected chi connectivity index (χ3v) is 4.71. The lowest BCUT2D eigenvalue weighted by molar-refractivity contribution is 0.0700. The minimum atomic E-state index is -0.884. The molecule has 0 saturated carbocycles. The predicted molar refractivity (Wildman–Crippen MR) is 92.2 cm³/mol. The summed E-state index contributed by atoms with van der Waals surface area (Å²) in [6, 6.07) is 20.1. The Morgan fingerprint density at radius 3 is 2.13 bits per heavy atom. The second kappa shape index (κ2) is 7.20. The van der Waals surface area contributed by atoms with E-state index in [0.717, 1.165) is 17.0 Å². The van der Waals surface area contributed by atoms with Crippen LogP contribution in [0.2, 0.25) is 0 Å². The van der Waals surface area contributed by atoms with Crippen molar-refractivity contribution >= 4 is 17.3 Å². The van der Waals surface area contributed by atoms with Crippen molar-refractivity contribution in [1.29, 1.82) is 0 Å². The third-order valence-electron chi connectivity index (χ3n) is 3.63. The summed E-state index contributed by atoms with van der Waals surface area (Å²) in [5, 5.41) is 10.3. The average Bonchev–Trinajstić information content (AvgIpc) is 2.98. The maximum Gasteiger partial charge on any atom is 0.347 e. The van der Waals surface area contributed by atoms with Gasteiger partial charge in [-0.05, 0) is 24.0 Å². The fraction of sp³-hybridized carbons (Fsp3) is 0.158. The van der Waals surface area contributed by atoms with E-state index in [1.807, 2.05) is 48.5 Å². The van der Waals surface area contributed by atoms with Crippen molar-refractivity contribution in [2.45, 2.75) is 19.3 Å². The van der Waals surface area contributed by atoms with Crippen LogP contribution in [0.5, 0.6) is 0 Å². The van der Waals surface area contributed by atoms with E-state index in [2.05, 4.69) is 17.1 Å². The number of carboxylic acids is 1. The summed E-state index contributed by atoms with van der Waals surface area (Å²) in [6.45, 7) is 0. The van der Waals surface area contributed by atoms with Gasteiger partial charge in [0.1, 0.15) is 4.88 Å². The molecule has 0 spiro atoms. The Labute approximate surface area is 139 Å². The van der Waals surface area contributed by atoms with Gasteiger partial charge in [0.05, 0.1) is 10.7 Å². The highest BCUT2D eigenvalue weighted by molar-refractivity contribution is 7.13. The van der Waals surface area contributed by atoms with Crippen LogP contribution >= 0.6 is 11.3 Å². The van der Waals surface area contributed by atoms with Gasteiger partial charge in [0.15, 0.2) is 0 Å². The summed E-state index contributed by atoms with van der Waals surface area (Å²) < 4.78 is 0. The molecule has 0 atom stereocenters. The highest BCUT2D eigenvalue weighted by Gasteiger charge is 2.17. The normalized spacial score (nSPS) is 10.6. The van der Waals surface area contributed by atoms with Crippen molar-refractivity contribution in [3.05, 3.63) is 87.4 Å². The summed E-state index contributed by atoms with van der Waals surface area (Å²) in [7, 11) is 0. The number of carboxylic acid groups (broad SMARTS) is 1. The van der Waals surface area contributed by atoms with Crippen LogP contribution in [-0.4, -0.2) is 16.1 Å². The largest absolute Gasteiger partial charge is 0.477 e. The van der Waals surface area contributed by atoms with Crippen molar-refractivity contribution in [2.24, 2.45) is 0 Å². The minimum Gasteiger partial charge on any atom is -0.477 e. The van der Waals surface area contributed by atoms with Gasteiger partial charge in [-0.15, -0.1) is 11.3 Å². The highest BCUT2D eigenvalue weighted by atomic mass is 32.1. The van der Waals surface area contributed by atoms with Gasteiger partial charge in [-0.1, -0.05) is 60.7 Å². The fourth-order valence-electron chi connectivity index (χ4n) is 2.49. The molecule has 0 unspecified atom stereocenters. The topological polar surface area (TPSA) is 50.2 Å². The lowest BCUT2D eigenvalue weighted by Crippen LogP contribution is -2.01. The number of nitrogens with zero attached hydrogens (tertiary/aromatic N) is 1. The lowest BCUT2D eigenvalue weighted by atomic mass is 10.1. The first kappa shape index (κ1) is 15.4. The van der Waals surface area contributed by atoms with Gasteiger partial charge in [0.2, 0.25) is 0 Å². The molecule has 0 amide bonds. The monoisotopic (exact) mass is 323 g/mol. The van der Waals surface area contributed by atoms with Crippen LogP contribution in [0.25, 0.3) is 0 Å². The molecular weight excluding hydrogens is 306 g/mol. The maximum absolute atomic E-state index is 11.5. The quantitative estimate of drug-likeness (QED) is 0.739. The zero-order valence-corrected chi connectivity index (χ0v) is 13.4. The molecule has 3 aromatic rings. The zero-order chi connectivity index (χ0) is 16.1. The number of benzene rings is 2. The fourth-order valence-corrected chi connectivity index (χ4v) is 3.47. The maximum atomic E-state index is 11.5. The number of hydrogen-bond donors (Lipinski definition) is 1. The van der Waals surface area contributed by atoms with E-state index in [9.17, 15) is 9.90 Å². The summed E-state index contributed by atoms with van der Waals surface area (Å²) in [5.41, 5.74) is 3.03. The Kier molecular flexibility index (Phi) is 4.83. The van der Waals surface area contributed by atoms with Crippen LogP contribution in [0.1, 0.15) is 31.5 Å². The molecule has 3 nitrogen and oxygen atoms in total. The van der Waals surface area contributed by atoms with Crippen LogP contribution < -0.4 is 0 Å². The molecule has 0 aliphatic heterocycles. The van der Waals surface area contributed by atoms with Crippen molar-refractivity contribution in [2.75, 3.05) is 0 Å².